The van der Waals surface area contributed by atoms with E-state index in [1.807, 2.05) is 0 Å². The first-order valence-corrected chi connectivity index (χ1v) is 9.28. The van der Waals surface area contributed by atoms with E-state index in [4.69, 9.17) is 4.74 Å². The Kier molecular flexibility index (Phi) is 3.88. The summed E-state index contributed by atoms with van der Waals surface area (Å²) in [6.07, 6.45) is 3.98. The minimum atomic E-state index is -3.53. The number of methoxy groups -OCH3 is 1. The van der Waals surface area contributed by atoms with Gasteiger partial charge >= 0.3 is 0 Å². The van der Waals surface area contributed by atoms with Crippen molar-refractivity contribution in [2.75, 3.05) is 20.2 Å². The molecule has 10 nitrogen and oxygen atoms in total. The van der Waals surface area contributed by atoms with Gasteiger partial charge < -0.3 is 9.72 Å². The number of aromatic amines is 1. The van der Waals surface area contributed by atoms with Gasteiger partial charge in [-0.25, -0.2) is 13.4 Å². The Bertz CT molecular complexity index is 975. The summed E-state index contributed by atoms with van der Waals surface area (Å²) >= 11 is 0. The van der Waals surface area contributed by atoms with Gasteiger partial charge in [-0.2, -0.15) is 8.82 Å². The minimum absolute atomic E-state index is 0.0859. The Morgan fingerprint density at radius 1 is 1.24 bits per heavy atom. The molecule has 25 heavy (non-hydrogen) atoms. The van der Waals surface area contributed by atoms with Crippen LogP contribution < -0.4 is 4.74 Å². The molecule has 0 aliphatic carbocycles. The molecule has 0 atom stereocenters. The molecule has 1 fully saturated rings. The Labute approximate surface area is 143 Å². The Balaban J connectivity index is 1.54. The third kappa shape index (κ3) is 2.74. The van der Waals surface area contributed by atoms with Crippen molar-refractivity contribution in [3.05, 3.63) is 30.5 Å². The SMILES string of the molecule is COc1ccc2nnc(C3CCN(S(=O)(=O)c4cnc[nH]4)CC3)n2n1. The van der Waals surface area contributed by atoms with Crippen LogP contribution in [0.4, 0.5) is 0 Å². The van der Waals surface area contributed by atoms with Gasteiger partial charge in [0.05, 0.1) is 19.6 Å². The molecule has 1 aliphatic heterocycles. The number of nitrogens with zero attached hydrogens (tertiary/aromatic N) is 6. The second kappa shape index (κ2) is 6.08. The minimum Gasteiger partial charge on any atom is -0.480 e. The van der Waals surface area contributed by atoms with Crippen molar-refractivity contribution in [2.45, 2.75) is 23.8 Å². The molecule has 0 unspecified atom stereocenters. The molecule has 0 amide bonds. The van der Waals surface area contributed by atoms with Crippen LogP contribution >= 0.6 is 0 Å². The molecular weight excluding hydrogens is 346 g/mol. The number of fused-ring (bicyclic) bond motifs is 1. The fraction of sp³-hybridized carbons (Fsp3) is 0.429. The Morgan fingerprint density at radius 2 is 2.04 bits per heavy atom. The van der Waals surface area contributed by atoms with Crippen molar-refractivity contribution in [3.8, 4) is 5.88 Å². The molecule has 0 aromatic carbocycles. The van der Waals surface area contributed by atoms with Crippen molar-refractivity contribution < 1.29 is 13.2 Å². The quantitative estimate of drug-likeness (QED) is 0.714. The molecule has 1 N–H and O–H groups in total. The van der Waals surface area contributed by atoms with Crippen LogP contribution in [-0.4, -0.2) is 62.7 Å². The van der Waals surface area contributed by atoms with Crippen molar-refractivity contribution in [3.63, 3.8) is 0 Å². The van der Waals surface area contributed by atoms with Crippen molar-refractivity contribution in [2.24, 2.45) is 0 Å². The van der Waals surface area contributed by atoms with Gasteiger partial charge in [0.15, 0.2) is 16.5 Å². The highest BCUT2D eigenvalue weighted by Crippen LogP contribution is 2.29. The van der Waals surface area contributed by atoms with Gasteiger partial charge in [-0.15, -0.1) is 15.3 Å². The highest BCUT2D eigenvalue weighted by Gasteiger charge is 2.32. The maximum absolute atomic E-state index is 12.5. The summed E-state index contributed by atoms with van der Waals surface area (Å²) in [5.74, 6) is 1.29. The van der Waals surface area contributed by atoms with Gasteiger partial charge in [0.2, 0.25) is 5.88 Å². The predicted molar refractivity (Wildman–Crippen MR) is 86.7 cm³/mol. The summed E-state index contributed by atoms with van der Waals surface area (Å²) in [5, 5.41) is 12.8. The number of hydrogen-bond acceptors (Lipinski definition) is 7. The third-order valence-corrected chi connectivity index (χ3v) is 6.21. The standard InChI is InChI=1S/C14H17N7O3S/c1-24-12-3-2-11-17-18-14(21(11)19-12)10-4-6-20(7-5-10)25(22,23)13-8-15-9-16-13/h2-3,8-10H,4-7H2,1H3,(H,15,16). The first-order valence-electron chi connectivity index (χ1n) is 7.84. The van der Waals surface area contributed by atoms with Crippen LogP contribution in [0.15, 0.2) is 29.7 Å². The molecule has 0 radical (unpaired) electrons. The first-order chi connectivity index (χ1) is 12.1. The van der Waals surface area contributed by atoms with Crippen molar-refractivity contribution in [1.82, 2.24) is 34.1 Å². The largest absolute Gasteiger partial charge is 0.480 e. The van der Waals surface area contributed by atoms with Crippen LogP contribution in [0.2, 0.25) is 0 Å². The summed E-state index contributed by atoms with van der Waals surface area (Å²) in [7, 11) is -1.97. The van der Waals surface area contributed by atoms with Crippen LogP contribution in [-0.2, 0) is 10.0 Å². The monoisotopic (exact) mass is 363 g/mol. The predicted octanol–water partition coefficient (Wildman–Crippen LogP) is 0.424. The van der Waals surface area contributed by atoms with Crippen LogP contribution in [0.5, 0.6) is 5.88 Å². The maximum Gasteiger partial charge on any atom is 0.260 e. The molecule has 11 heteroatoms. The smallest absolute Gasteiger partial charge is 0.260 e. The van der Waals surface area contributed by atoms with E-state index in [1.54, 1.807) is 23.8 Å². The molecule has 132 valence electrons. The van der Waals surface area contributed by atoms with E-state index in [0.717, 1.165) is 5.82 Å². The Hall–Kier alpha value is -2.53. The zero-order valence-electron chi connectivity index (χ0n) is 13.5. The van der Waals surface area contributed by atoms with Crippen molar-refractivity contribution in [1.29, 1.82) is 0 Å². The molecule has 1 aliphatic rings. The second-order valence-corrected chi connectivity index (χ2v) is 7.70. The number of H-pyrrole nitrogens is 1. The molecular formula is C14H17N7O3S. The van der Waals surface area contributed by atoms with Gasteiger partial charge in [0.25, 0.3) is 10.0 Å². The zero-order valence-corrected chi connectivity index (χ0v) is 14.3. The second-order valence-electron chi connectivity index (χ2n) is 5.80. The third-order valence-electron chi connectivity index (χ3n) is 4.38. The van der Waals surface area contributed by atoms with E-state index in [-0.39, 0.29) is 10.9 Å². The van der Waals surface area contributed by atoms with Crippen LogP contribution in [0.3, 0.4) is 0 Å². The number of imidazole rings is 1. The zero-order chi connectivity index (χ0) is 17.4. The number of piperidine rings is 1. The number of ether oxygens (including phenoxy) is 1. The molecule has 3 aromatic rings. The van der Waals surface area contributed by atoms with E-state index in [0.29, 0.717) is 37.5 Å². The van der Waals surface area contributed by atoms with E-state index in [2.05, 4.69) is 25.3 Å². The average Bonchev–Trinajstić information content (AvgIpc) is 3.31. The normalized spacial score (nSPS) is 17.2. The summed E-state index contributed by atoms with van der Waals surface area (Å²) < 4.78 is 33.3. The first kappa shape index (κ1) is 16.0. The number of nitrogens with one attached hydrogen (secondary N) is 1. The molecule has 1 saturated heterocycles. The summed E-state index contributed by atoms with van der Waals surface area (Å²) in [5.41, 5.74) is 0.642. The number of sulfonamides is 1. The number of aromatic nitrogens is 6. The summed E-state index contributed by atoms with van der Waals surface area (Å²) in [6, 6.07) is 3.52. The van der Waals surface area contributed by atoms with Crippen LogP contribution in [0, 0.1) is 0 Å². The number of rotatable bonds is 4. The van der Waals surface area contributed by atoms with Gasteiger partial charge in [-0.1, -0.05) is 0 Å². The van der Waals surface area contributed by atoms with Crippen molar-refractivity contribution >= 4 is 15.7 Å². The fourth-order valence-corrected chi connectivity index (χ4v) is 4.40. The van der Waals surface area contributed by atoms with E-state index in [9.17, 15) is 8.42 Å². The van der Waals surface area contributed by atoms with Gasteiger partial charge in [-0.3, -0.25) is 0 Å². The lowest BCUT2D eigenvalue weighted by Crippen LogP contribution is -2.38. The molecule has 0 spiro atoms. The topological polar surface area (TPSA) is 118 Å². The van der Waals surface area contributed by atoms with Gasteiger partial charge in [0.1, 0.15) is 0 Å². The van der Waals surface area contributed by atoms with Crippen LogP contribution in [0.25, 0.3) is 5.65 Å². The van der Waals surface area contributed by atoms with Gasteiger partial charge in [0, 0.05) is 25.1 Å². The van der Waals surface area contributed by atoms with Crippen LogP contribution in [0.1, 0.15) is 24.6 Å². The Morgan fingerprint density at radius 3 is 2.72 bits per heavy atom. The highest BCUT2D eigenvalue weighted by molar-refractivity contribution is 7.89. The summed E-state index contributed by atoms with van der Waals surface area (Å²) in [4.78, 5) is 6.45. The fourth-order valence-electron chi connectivity index (χ4n) is 3.03. The molecule has 0 saturated carbocycles. The van der Waals surface area contributed by atoms with E-state index >= 15 is 0 Å². The lowest BCUT2D eigenvalue weighted by atomic mass is 9.97. The summed E-state index contributed by atoms with van der Waals surface area (Å²) in [6.45, 7) is 0.815. The highest BCUT2D eigenvalue weighted by atomic mass is 32.2. The average molecular weight is 363 g/mol. The lowest BCUT2D eigenvalue weighted by molar-refractivity contribution is 0.310. The molecule has 4 heterocycles. The maximum atomic E-state index is 12.5. The lowest BCUT2D eigenvalue weighted by Gasteiger charge is -2.29. The molecule has 0 bridgehead atoms. The number of hydrogen-bond donors (Lipinski definition) is 1. The van der Waals surface area contributed by atoms with E-state index in [1.165, 1.54) is 16.8 Å². The molecule has 3 aromatic heterocycles. The molecule has 4 rings (SSSR count). The van der Waals surface area contributed by atoms with E-state index < -0.39 is 10.0 Å². The van der Waals surface area contributed by atoms with Gasteiger partial charge in [-0.05, 0) is 18.9 Å².